The zero-order valence-electron chi connectivity index (χ0n) is 9.53. The largest absolute Gasteiger partial charge is 0.271 e. The second kappa shape index (κ2) is 4.33. The van der Waals surface area contributed by atoms with E-state index in [2.05, 4.69) is 43.5 Å². The Morgan fingerprint density at radius 3 is 2.53 bits per heavy atom. The number of benzene rings is 1. The molecule has 15 heavy (non-hydrogen) atoms. The summed E-state index contributed by atoms with van der Waals surface area (Å²) in [6, 6.07) is 8.80. The molecule has 2 nitrogen and oxygen atoms in total. The Balaban J connectivity index is 2.21. The topological polar surface area (TPSA) is 38.0 Å². The zero-order chi connectivity index (χ0) is 10.8. The predicted molar refractivity (Wildman–Crippen MR) is 63.1 cm³/mol. The normalized spacial score (nSPS) is 19.9. The second-order valence-electron chi connectivity index (χ2n) is 4.70. The number of nitrogens with one attached hydrogen (secondary N) is 1. The maximum atomic E-state index is 5.69. The van der Waals surface area contributed by atoms with Crippen LogP contribution in [-0.4, -0.2) is 0 Å². The molecule has 0 aliphatic heterocycles. The molecule has 3 N–H and O–H groups in total. The standard InChI is InChI=1S/C13H20N2/c1-9-5-3-4-6-12(9)13(15-14)10(2)11-7-8-11/h3-6,10-11,13,15H,7-8,14H2,1-2H3. The Morgan fingerprint density at radius 2 is 2.00 bits per heavy atom. The lowest BCUT2D eigenvalue weighted by atomic mass is 9.89. The summed E-state index contributed by atoms with van der Waals surface area (Å²) in [7, 11) is 0. The third kappa shape index (κ3) is 2.21. The van der Waals surface area contributed by atoms with E-state index >= 15 is 0 Å². The summed E-state index contributed by atoms with van der Waals surface area (Å²) < 4.78 is 0. The summed E-state index contributed by atoms with van der Waals surface area (Å²) in [4.78, 5) is 0. The molecule has 2 heteroatoms. The van der Waals surface area contributed by atoms with Gasteiger partial charge < -0.3 is 0 Å². The SMILES string of the molecule is Cc1ccccc1C(NN)C(C)C1CC1. The monoisotopic (exact) mass is 204 g/mol. The molecule has 2 atom stereocenters. The van der Waals surface area contributed by atoms with Crippen molar-refractivity contribution in [2.45, 2.75) is 32.7 Å². The second-order valence-corrected chi connectivity index (χ2v) is 4.70. The van der Waals surface area contributed by atoms with Gasteiger partial charge in [-0.05, 0) is 42.7 Å². The van der Waals surface area contributed by atoms with Gasteiger partial charge in [0.25, 0.3) is 0 Å². The molecule has 0 amide bonds. The van der Waals surface area contributed by atoms with Crippen LogP contribution < -0.4 is 11.3 Å². The van der Waals surface area contributed by atoms with E-state index in [9.17, 15) is 0 Å². The minimum absolute atomic E-state index is 0.304. The fraction of sp³-hybridized carbons (Fsp3) is 0.538. The van der Waals surface area contributed by atoms with Gasteiger partial charge >= 0.3 is 0 Å². The lowest BCUT2D eigenvalue weighted by Crippen LogP contribution is -2.33. The summed E-state index contributed by atoms with van der Waals surface area (Å²) >= 11 is 0. The van der Waals surface area contributed by atoms with Crippen molar-refractivity contribution in [3.05, 3.63) is 35.4 Å². The molecule has 0 spiro atoms. The van der Waals surface area contributed by atoms with E-state index < -0.39 is 0 Å². The lowest BCUT2D eigenvalue weighted by Gasteiger charge is -2.25. The molecule has 1 fully saturated rings. The molecular formula is C13H20N2. The maximum Gasteiger partial charge on any atom is 0.0490 e. The van der Waals surface area contributed by atoms with E-state index in [-0.39, 0.29) is 0 Å². The summed E-state index contributed by atoms with van der Waals surface area (Å²) in [6.07, 6.45) is 2.73. The highest BCUT2D eigenvalue weighted by Gasteiger charge is 2.33. The Morgan fingerprint density at radius 1 is 1.33 bits per heavy atom. The van der Waals surface area contributed by atoms with E-state index in [1.807, 2.05) is 0 Å². The molecule has 0 saturated heterocycles. The third-order valence-corrected chi connectivity index (χ3v) is 3.59. The number of hydrogen-bond donors (Lipinski definition) is 2. The van der Waals surface area contributed by atoms with Crippen LogP contribution in [0.25, 0.3) is 0 Å². The number of aryl methyl sites for hydroxylation is 1. The molecule has 1 aromatic rings. The summed E-state index contributed by atoms with van der Waals surface area (Å²) in [5.74, 6) is 7.19. The average molecular weight is 204 g/mol. The van der Waals surface area contributed by atoms with Crippen LogP contribution in [0.2, 0.25) is 0 Å². The molecule has 2 unspecified atom stereocenters. The number of nitrogens with two attached hydrogens (primary N) is 1. The Labute approximate surface area is 91.8 Å². The average Bonchev–Trinajstić information content (AvgIpc) is 3.05. The fourth-order valence-electron chi connectivity index (χ4n) is 2.35. The van der Waals surface area contributed by atoms with Crippen molar-refractivity contribution >= 4 is 0 Å². The van der Waals surface area contributed by atoms with Crippen LogP contribution in [-0.2, 0) is 0 Å². The predicted octanol–water partition coefficient (Wildman–Crippen LogP) is 2.55. The van der Waals surface area contributed by atoms with Crippen molar-refractivity contribution < 1.29 is 0 Å². The van der Waals surface area contributed by atoms with Gasteiger partial charge in [0.15, 0.2) is 0 Å². The van der Waals surface area contributed by atoms with Gasteiger partial charge in [-0.2, -0.15) is 0 Å². The van der Waals surface area contributed by atoms with E-state index in [0.29, 0.717) is 12.0 Å². The van der Waals surface area contributed by atoms with Crippen molar-refractivity contribution in [3.63, 3.8) is 0 Å². The Kier molecular flexibility index (Phi) is 3.08. The zero-order valence-corrected chi connectivity index (χ0v) is 9.53. The lowest BCUT2D eigenvalue weighted by molar-refractivity contribution is 0.353. The minimum Gasteiger partial charge on any atom is -0.271 e. The highest BCUT2D eigenvalue weighted by atomic mass is 15.2. The van der Waals surface area contributed by atoms with Crippen LogP contribution in [0.5, 0.6) is 0 Å². The van der Waals surface area contributed by atoms with Gasteiger partial charge in [0, 0.05) is 6.04 Å². The van der Waals surface area contributed by atoms with Crippen LogP contribution in [0.15, 0.2) is 24.3 Å². The molecule has 0 bridgehead atoms. The van der Waals surface area contributed by atoms with Crippen LogP contribution in [0.3, 0.4) is 0 Å². The summed E-state index contributed by atoms with van der Waals surface area (Å²) in [5, 5.41) is 0. The maximum absolute atomic E-state index is 5.69. The molecule has 1 saturated carbocycles. The van der Waals surface area contributed by atoms with Crippen molar-refractivity contribution in [1.82, 2.24) is 5.43 Å². The van der Waals surface area contributed by atoms with E-state index in [4.69, 9.17) is 5.84 Å². The first-order valence-electron chi connectivity index (χ1n) is 5.75. The molecule has 1 aromatic carbocycles. The van der Waals surface area contributed by atoms with E-state index in [0.717, 1.165) is 5.92 Å². The summed E-state index contributed by atoms with van der Waals surface area (Å²) in [6.45, 7) is 4.45. The fourth-order valence-corrected chi connectivity index (χ4v) is 2.35. The van der Waals surface area contributed by atoms with Crippen molar-refractivity contribution in [2.24, 2.45) is 17.7 Å². The Bertz CT molecular complexity index is 331. The quantitative estimate of drug-likeness (QED) is 0.584. The van der Waals surface area contributed by atoms with Gasteiger partial charge in [-0.1, -0.05) is 31.2 Å². The van der Waals surface area contributed by atoms with Gasteiger partial charge in [0.2, 0.25) is 0 Å². The first-order chi connectivity index (χ1) is 7.24. The number of hydrogen-bond acceptors (Lipinski definition) is 2. The Hall–Kier alpha value is -0.860. The van der Waals surface area contributed by atoms with Crippen LogP contribution >= 0.6 is 0 Å². The van der Waals surface area contributed by atoms with Gasteiger partial charge in [-0.3, -0.25) is 11.3 Å². The van der Waals surface area contributed by atoms with Crippen LogP contribution in [0.1, 0.15) is 36.9 Å². The van der Waals surface area contributed by atoms with Crippen LogP contribution in [0.4, 0.5) is 0 Å². The molecule has 1 aliphatic rings. The van der Waals surface area contributed by atoms with Crippen molar-refractivity contribution in [1.29, 1.82) is 0 Å². The minimum atomic E-state index is 0.304. The number of hydrazine groups is 1. The van der Waals surface area contributed by atoms with E-state index in [1.54, 1.807) is 0 Å². The molecule has 0 heterocycles. The number of rotatable bonds is 4. The molecule has 0 radical (unpaired) electrons. The van der Waals surface area contributed by atoms with Crippen LogP contribution in [0, 0.1) is 18.8 Å². The highest BCUT2D eigenvalue weighted by molar-refractivity contribution is 5.29. The van der Waals surface area contributed by atoms with Crippen molar-refractivity contribution in [2.75, 3.05) is 0 Å². The van der Waals surface area contributed by atoms with E-state index in [1.165, 1.54) is 24.0 Å². The van der Waals surface area contributed by atoms with Gasteiger partial charge in [0.1, 0.15) is 0 Å². The molecule has 1 aliphatic carbocycles. The van der Waals surface area contributed by atoms with Gasteiger partial charge in [-0.25, -0.2) is 0 Å². The van der Waals surface area contributed by atoms with Gasteiger partial charge in [-0.15, -0.1) is 0 Å². The molecule has 82 valence electrons. The molecular weight excluding hydrogens is 184 g/mol. The van der Waals surface area contributed by atoms with Crippen molar-refractivity contribution in [3.8, 4) is 0 Å². The molecule has 0 aromatic heterocycles. The summed E-state index contributed by atoms with van der Waals surface area (Å²) in [5.41, 5.74) is 5.65. The first kappa shape index (κ1) is 10.7. The van der Waals surface area contributed by atoms with Gasteiger partial charge in [0.05, 0.1) is 0 Å². The highest BCUT2D eigenvalue weighted by Crippen LogP contribution is 2.42. The first-order valence-corrected chi connectivity index (χ1v) is 5.75. The molecule has 2 rings (SSSR count). The smallest absolute Gasteiger partial charge is 0.0490 e. The third-order valence-electron chi connectivity index (χ3n) is 3.59.